The monoisotopic (exact) mass is 393 g/mol. The number of carbonyl (C=O) groups excluding carboxylic acids is 1. The van der Waals surface area contributed by atoms with E-state index < -0.39 is 22.5 Å². The van der Waals surface area contributed by atoms with E-state index in [1.54, 1.807) is 18.2 Å². The van der Waals surface area contributed by atoms with Crippen LogP contribution in [0.25, 0.3) is 0 Å². The first-order chi connectivity index (χ1) is 12.8. The third kappa shape index (κ3) is 5.35. The van der Waals surface area contributed by atoms with Crippen LogP contribution in [0.3, 0.4) is 0 Å². The molecular weight excluding hydrogens is 370 g/mol. The van der Waals surface area contributed by atoms with E-state index in [9.17, 15) is 13.2 Å². The number of hydrogen-bond acceptors (Lipinski definition) is 6. The predicted molar refractivity (Wildman–Crippen MR) is 104 cm³/mol. The van der Waals surface area contributed by atoms with Crippen molar-refractivity contribution >= 4 is 27.3 Å². The number of rotatable bonds is 8. The Labute approximate surface area is 159 Å². The number of carbonyl (C=O) groups is 1. The van der Waals surface area contributed by atoms with E-state index in [-0.39, 0.29) is 10.6 Å². The van der Waals surface area contributed by atoms with E-state index in [1.165, 1.54) is 26.4 Å². The molecule has 0 unspecified atom stereocenters. The highest BCUT2D eigenvalue weighted by Crippen LogP contribution is 2.27. The fraction of sp³-hybridized carbons (Fsp3) is 0.278. The molecule has 146 valence electrons. The highest BCUT2D eigenvalue weighted by atomic mass is 32.2. The number of nitrogens with zero attached hydrogens (tertiary/aromatic N) is 1. The van der Waals surface area contributed by atoms with Crippen LogP contribution in [0, 0.1) is 0 Å². The Bertz CT molecular complexity index is 896. The van der Waals surface area contributed by atoms with Crippen molar-refractivity contribution in [2.45, 2.75) is 4.90 Å². The van der Waals surface area contributed by atoms with Crippen LogP contribution in [0.4, 0.5) is 11.4 Å². The maximum absolute atomic E-state index is 12.5. The highest BCUT2D eigenvalue weighted by molar-refractivity contribution is 7.89. The first-order valence-electron chi connectivity index (χ1n) is 8.05. The van der Waals surface area contributed by atoms with Crippen molar-refractivity contribution in [3.63, 3.8) is 0 Å². The van der Waals surface area contributed by atoms with Crippen LogP contribution in [0.15, 0.2) is 47.4 Å². The van der Waals surface area contributed by atoms with Gasteiger partial charge in [0.05, 0.1) is 20.8 Å². The summed E-state index contributed by atoms with van der Waals surface area (Å²) in [6, 6.07) is 11.6. The topological polar surface area (TPSA) is 97.0 Å². The van der Waals surface area contributed by atoms with Crippen molar-refractivity contribution in [3.05, 3.63) is 42.5 Å². The van der Waals surface area contributed by atoms with Crippen LogP contribution in [-0.2, 0) is 14.8 Å². The van der Waals surface area contributed by atoms with Crippen molar-refractivity contribution in [1.82, 2.24) is 4.72 Å². The van der Waals surface area contributed by atoms with Crippen molar-refractivity contribution in [1.29, 1.82) is 0 Å². The zero-order valence-corrected chi connectivity index (χ0v) is 16.5. The number of nitrogens with one attached hydrogen (secondary N) is 2. The van der Waals surface area contributed by atoms with Crippen LogP contribution >= 0.6 is 0 Å². The molecule has 1 amide bonds. The Morgan fingerprint density at radius 3 is 2.26 bits per heavy atom. The smallest absolute Gasteiger partial charge is 0.244 e. The number of amides is 1. The molecule has 0 aliphatic rings. The molecule has 0 aliphatic heterocycles. The summed E-state index contributed by atoms with van der Waals surface area (Å²) in [5, 5.41) is 2.64. The average Bonchev–Trinajstić information content (AvgIpc) is 2.66. The van der Waals surface area contributed by atoms with Crippen LogP contribution in [-0.4, -0.2) is 49.2 Å². The summed E-state index contributed by atoms with van der Waals surface area (Å²) in [7, 11) is 2.66. The van der Waals surface area contributed by atoms with E-state index in [0.29, 0.717) is 11.4 Å². The van der Waals surface area contributed by atoms with Crippen molar-refractivity contribution in [3.8, 4) is 11.5 Å². The van der Waals surface area contributed by atoms with Gasteiger partial charge in [-0.2, -0.15) is 0 Å². The summed E-state index contributed by atoms with van der Waals surface area (Å²) in [5.74, 6) is 0.0302. The number of anilines is 2. The lowest BCUT2D eigenvalue weighted by atomic mass is 10.2. The number of hydrogen-bond donors (Lipinski definition) is 2. The molecule has 0 radical (unpaired) electrons. The second-order valence-corrected chi connectivity index (χ2v) is 7.57. The summed E-state index contributed by atoms with van der Waals surface area (Å²) in [6.45, 7) is -0.419. The van der Waals surface area contributed by atoms with E-state index in [2.05, 4.69) is 10.0 Å². The Balaban J connectivity index is 2.05. The summed E-state index contributed by atoms with van der Waals surface area (Å²) in [4.78, 5) is 13.9. The molecule has 0 spiro atoms. The molecule has 0 aromatic heterocycles. The lowest BCUT2D eigenvalue weighted by molar-refractivity contribution is -0.115. The standard InChI is InChI=1S/C18H23N3O5S/c1-21(2)14-7-5-13(6-8-14)20-18(22)12-19-27(23,24)17-11-15(25-3)9-10-16(17)26-4/h5-11,19H,12H2,1-4H3,(H,20,22). The van der Waals surface area contributed by atoms with E-state index in [1.807, 2.05) is 31.1 Å². The number of ether oxygens (including phenoxy) is 2. The van der Waals surface area contributed by atoms with Gasteiger partial charge in [-0.25, -0.2) is 13.1 Å². The second kappa shape index (κ2) is 8.74. The van der Waals surface area contributed by atoms with Gasteiger partial charge in [-0.1, -0.05) is 0 Å². The molecule has 8 nitrogen and oxygen atoms in total. The number of methoxy groups -OCH3 is 2. The van der Waals surface area contributed by atoms with E-state index >= 15 is 0 Å². The molecule has 0 atom stereocenters. The third-order valence-corrected chi connectivity index (χ3v) is 5.17. The van der Waals surface area contributed by atoms with Gasteiger partial charge in [-0.15, -0.1) is 0 Å². The lowest BCUT2D eigenvalue weighted by Gasteiger charge is -2.14. The zero-order chi connectivity index (χ0) is 20.0. The molecule has 9 heteroatoms. The molecular formula is C18H23N3O5S. The molecule has 0 aliphatic carbocycles. The molecule has 0 bridgehead atoms. The largest absolute Gasteiger partial charge is 0.497 e. The zero-order valence-electron chi connectivity index (χ0n) is 15.6. The van der Waals surface area contributed by atoms with Crippen LogP contribution in [0.5, 0.6) is 11.5 Å². The van der Waals surface area contributed by atoms with Gasteiger partial charge in [-0.05, 0) is 36.4 Å². The van der Waals surface area contributed by atoms with Crippen molar-refractivity contribution < 1.29 is 22.7 Å². The Kier molecular flexibility index (Phi) is 6.65. The molecule has 0 heterocycles. The quantitative estimate of drug-likeness (QED) is 0.708. The van der Waals surface area contributed by atoms with Gasteiger partial charge >= 0.3 is 0 Å². The average molecular weight is 393 g/mol. The summed E-state index contributed by atoms with van der Waals surface area (Å²) >= 11 is 0. The third-order valence-electron chi connectivity index (χ3n) is 3.75. The van der Waals surface area contributed by atoms with Gasteiger partial charge in [0, 0.05) is 31.5 Å². The Morgan fingerprint density at radius 2 is 1.70 bits per heavy atom. The summed E-state index contributed by atoms with van der Waals surface area (Å²) in [6.07, 6.45) is 0. The fourth-order valence-corrected chi connectivity index (χ4v) is 3.44. The molecule has 2 N–H and O–H groups in total. The first-order valence-corrected chi connectivity index (χ1v) is 9.54. The minimum atomic E-state index is -3.96. The fourth-order valence-electron chi connectivity index (χ4n) is 2.28. The molecule has 0 saturated heterocycles. The van der Waals surface area contributed by atoms with Gasteiger partial charge in [0.2, 0.25) is 15.9 Å². The van der Waals surface area contributed by atoms with Gasteiger partial charge in [0.1, 0.15) is 16.4 Å². The first kappa shape index (κ1) is 20.5. The molecule has 27 heavy (non-hydrogen) atoms. The lowest BCUT2D eigenvalue weighted by Crippen LogP contribution is -2.33. The molecule has 2 rings (SSSR count). The predicted octanol–water partition coefficient (Wildman–Crippen LogP) is 1.69. The minimum Gasteiger partial charge on any atom is -0.497 e. The molecule has 2 aromatic rings. The summed E-state index contributed by atoms with van der Waals surface area (Å²) < 4.78 is 37.5. The van der Waals surface area contributed by atoms with Gasteiger partial charge in [-0.3, -0.25) is 4.79 Å². The molecule has 0 fully saturated rings. The van der Waals surface area contributed by atoms with Crippen LogP contribution < -0.4 is 24.4 Å². The van der Waals surface area contributed by atoms with Gasteiger partial charge in [0.15, 0.2) is 0 Å². The van der Waals surface area contributed by atoms with Crippen molar-refractivity contribution in [2.24, 2.45) is 0 Å². The molecule has 2 aromatic carbocycles. The normalized spacial score (nSPS) is 11.0. The Morgan fingerprint density at radius 1 is 1.04 bits per heavy atom. The second-order valence-electron chi connectivity index (χ2n) is 5.83. The Hall–Kier alpha value is -2.78. The maximum atomic E-state index is 12.5. The highest BCUT2D eigenvalue weighted by Gasteiger charge is 2.21. The maximum Gasteiger partial charge on any atom is 0.244 e. The number of benzene rings is 2. The van der Waals surface area contributed by atoms with Crippen molar-refractivity contribution in [2.75, 3.05) is 45.1 Å². The molecule has 0 saturated carbocycles. The summed E-state index contributed by atoms with van der Waals surface area (Å²) in [5.41, 5.74) is 1.56. The van der Waals surface area contributed by atoms with Crippen LogP contribution in [0.1, 0.15) is 0 Å². The van der Waals surface area contributed by atoms with E-state index in [0.717, 1.165) is 5.69 Å². The number of sulfonamides is 1. The van der Waals surface area contributed by atoms with Gasteiger partial charge in [0.25, 0.3) is 0 Å². The van der Waals surface area contributed by atoms with Gasteiger partial charge < -0.3 is 19.7 Å². The van der Waals surface area contributed by atoms with E-state index in [4.69, 9.17) is 9.47 Å². The minimum absolute atomic E-state index is 0.104. The van der Waals surface area contributed by atoms with Crippen LogP contribution in [0.2, 0.25) is 0 Å². The SMILES string of the molecule is COc1ccc(OC)c(S(=O)(=O)NCC(=O)Nc2ccc(N(C)C)cc2)c1.